The number of hydrogen-bond acceptors (Lipinski definition) is 6. The predicted octanol–water partition coefficient (Wildman–Crippen LogP) is 1.58. The number of amides is 1. The first-order valence-electron chi connectivity index (χ1n) is 6.76. The molecule has 1 heterocycles. The topological polar surface area (TPSA) is 80.3 Å². The van der Waals surface area contributed by atoms with Crippen LogP contribution >= 0.6 is 11.3 Å². The van der Waals surface area contributed by atoms with E-state index in [4.69, 9.17) is 4.74 Å². The van der Waals surface area contributed by atoms with E-state index in [0.29, 0.717) is 39.0 Å². The van der Waals surface area contributed by atoms with Crippen LogP contribution in [0.4, 0.5) is 5.13 Å². The highest BCUT2D eigenvalue weighted by molar-refractivity contribution is 7.13. The molecule has 112 valence electrons. The lowest BCUT2D eigenvalue weighted by atomic mass is 10.2. The SMILES string of the molecule is CCNC(=O)CCNc1nc(CCC(=O)OCC)cs1. The Morgan fingerprint density at radius 2 is 2.15 bits per heavy atom. The molecular weight excluding hydrogens is 278 g/mol. The Balaban J connectivity index is 2.25. The van der Waals surface area contributed by atoms with Crippen molar-refractivity contribution in [3.05, 3.63) is 11.1 Å². The maximum Gasteiger partial charge on any atom is 0.306 e. The molecule has 0 bridgehead atoms. The van der Waals surface area contributed by atoms with Gasteiger partial charge in [0.15, 0.2) is 5.13 Å². The van der Waals surface area contributed by atoms with Crippen LogP contribution in [-0.2, 0) is 20.7 Å². The smallest absolute Gasteiger partial charge is 0.306 e. The molecule has 0 saturated heterocycles. The lowest BCUT2D eigenvalue weighted by Crippen LogP contribution is -2.24. The zero-order chi connectivity index (χ0) is 14.8. The minimum Gasteiger partial charge on any atom is -0.466 e. The molecule has 20 heavy (non-hydrogen) atoms. The van der Waals surface area contributed by atoms with Crippen LogP contribution in [0.5, 0.6) is 0 Å². The van der Waals surface area contributed by atoms with Crippen molar-refractivity contribution >= 4 is 28.3 Å². The van der Waals surface area contributed by atoms with Gasteiger partial charge < -0.3 is 15.4 Å². The highest BCUT2D eigenvalue weighted by Crippen LogP contribution is 2.16. The first kappa shape index (κ1) is 16.4. The number of thiazole rings is 1. The molecule has 6 nitrogen and oxygen atoms in total. The molecule has 1 amide bonds. The third-order valence-electron chi connectivity index (χ3n) is 2.44. The lowest BCUT2D eigenvalue weighted by molar-refractivity contribution is -0.143. The summed E-state index contributed by atoms with van der Waals surface area (Å²) in [4.78, 5) is 26.8. The third-order valence-corrected chi connectivity index (χ3v) is 3.29. The third kappa shape index (κ3) is 6.51. The summed E-state index contributed by atoms with van der Waals surface area (Å²) in [7, 11) is 0. The van der Waals surface area contributed by atoms with E-state index in [1.807, 2.05) is 12.3 Å². The molecule has 1 aromatic heterocycles. The van der Waals surface area contributed by atoms with Crippen molar-refractivity contribution in [1.82, 2.24) is 10.3 Å². The molecule has 0 aliphatic carbocycles. The number of aryl methyl sites for hydroxylation is 1. The molecule has 7 heteroatoms. The number of hydrogen-bond donors (Lipinski definition) is 2. The minimum atomic E-state index is -0.203. The number of nitrogens with zero attached hydrogens (tertiary/aromatic N) is 1. The quantitative estimate of drug-likeness (QED) is 0.677. The van der Waals surface area contributed by atoms with E-state index in [-0.39, 0.29) is 11.9 Å². The van der Waals surface area contributed by atoms with Crippen molar-refractivity contribution in [2.75, 3.05) is 25.0 Å². The average molecular weight is 299 g/mol. The fourth-order valence-corrected chi connectivity index (χ4v) is 2.31. The second-order valence-electron chi connectivity index (χ2n) is 4.08. The monoisotopic (exact) mass is 299 g/mol. The summed E-state index contributed by atoms with van der Waals surface area (Å²) in [5, 5.41) is 8.51. The van der Waals surface area contributed by atoms with Gasteiger partial charge in [0.05, 0.1) is 18.7 Å². The van der Waals surface area contributed by atoms with E-state index < -0.39 is 0 Å². The van der Waals surface area contributed by atoms with Crippen LogP contribution in [0.2, 0.25) is 0 Å². The van der Waals surface area contributed by atoms with Crippen LogP contribution in [-0.4, -0.2) is 36.6 Å². The Hall–Kier alpha value is -1.63. The van der Waals surface area contributed by atoms with Gasteiger partial charge in [-0.25, -0.2) is 4.98 Å². The molecule has 0 radical (unpaired) electrons. The van der Waals surface area contributed by atoms with E-state index in [9.17, 15) is 9.59 Å². The average Bonchev–Trinajstić information content (AvgIpc) is 2.85. The molecule has 0 aliphatic rings. The number of rotatable bonds is 9. The molecule has 0 fully saturated rings. The first-order chi connectivity index (χ1) is 9.65. The van der Waals surface area contributed by atoms with Crippen LogP contribution in [0.3, 0.4) is 0 Å². The van der Waals surface area contributed by atoms with Crippen molar-refractivity contribution in [1.29, 1.82) is 0 Å². The Kier molecular flexibility index (Phi) is 7.64. The largest absolute Gasteiger partial charge is 0.466 e. The van der Waals surface area contributed by atoms with Crippen molar-refractivity contribution in [2.45, 2.75) is 33.1 Å². The second-order valence-corrected chi connectivity index (χ2v) is 4.94. The number of carbonyl (C=O) groups is 2. The highest BCUT2D eigenvalue weighted by Gasteiger charge is 2.06. The van der Waals surface area contributed by atoms with Gasteiger partial charge >= 0.3 is 5.97 Å². The summed E-state index contributed by atoms with van der Waals surface area (Å²) in [5.74, 6) is -0.176. The highest BCUT2D eigenvalue weighted by atomic mass is 32.1. The first-order valence-corrected chi connectivity index (χ1v) is 7.64. The number of carbonyl (C=O) groups excluding carboxylic acids is 2. The minimum absolute atomic E-state index is 0.0269. The predicted molar refractivity (Wildman–Crippen MR) is 78.9 cm³/mol. The van der Waals surface area contributed by atoms with E-state index in [2.05, 4.69) is 15.6 Å². The number of esters is 1. The van der Waals surface area contributed by atoms with E-state index in [0.717, 1.165) is 10.8 Å². The van der Waals surface area contributed by atoms with Crippen LogP contribution in [0, 0.1) is 0 Å². The maximum absolute atomic E-state index is 11.3. The van der Waals surface area contributed by atoms with E-state index >= 15 is 0 Å². The molecule has 0 atom stereocenters. The fourth-order valence-electron chi connectivity index (χ4n) is 1.53. The zero-order valence-electron chi connectivity index (χ0n) is 11.9. The Morgan fingerprint density at radius 3 is 2.85 bits per heavy atom. The van der Waals surface area contributed by atoms with Gasteiger partial charge in [0, 0.05) is 31.3 Å². The number of anilines is 1. The van der Waals surface area contributed by atoms with Gasteiger partial charge in [-0.2, -0.15) is 0 Å². The van der Waals surface area contributed by atoms with E-state index in [1.165, 1.54) is 11.3 Å². The van der Waals surface area contributed by atoms with Crippen LogP contribution in [0.1, 0.15) is 32.4 Å². The van der Waals surface area contributed by atoms with Crippen molar-refractivity contribution in [2.24, 2.45) is 0 Å². The molecule has 1 rings (SSSR count). The van der Waals surface area contributed by atoms with Gasteiger partial charge in [-0.3, -0.25) is 9.59 Å². The lowest BCUT2D eigenvalue weighted by Gasteiger charge is -2.03. The number of nitrogens with one attached hydrogen (secondary N) is 2. The van der Waals surface area contributed by atoms with Crippen molar-refractivity contribution in [3.63, 3.8) is 0 Å². The number of aromatic nitrogens is 1. The summed E-state index contributed by atoms with van der Waals surface area (Å²) in [5.41, 5.74) is 0.864. The Labute approximate surface area is 122 Å². The molecule has 2 N–H and O–H groups in total. The molecule has 1 aromatic rings. The van der Waals surface area contributed by atoms with Gasteiger partial charge in [-0.05, 0) is 13.8 Å². The van der Waals surface area contributed by atoms with Gasteiger partial charge in [-0.1, -0.05) is 0 Å². The van der Waals surface area contributed by atoms with Crippen molar-refractivity contribution in [3.8, 4) is 0 Å². The van der Waals surface area contributed by atoms with Crippen LogP contribution in [0.25, 0.3) is 0 Å². The maximum atomic E-state index is 11.3. The molecule has 0 unspecified atom stereocenters. The molecule has 0 spiro atoms. The summed E-state index contributed by atoms with van der Waals surface area (Å²) < 4.78 is 4.86. The molecule has 0 aliphatic heterocycles. The van der Waals surface area contributed by atoms with Gasteiger partial charge in [-0.15, -0.1) is 11.3 Å². The second kappa shape index (κ2) is 9.30. The van der Waals surface area contributed by atoms with Crippen LogP contribution < -0.4 is 10.6 Å². The van der Waals surface area contributed by atoms with Crippen molar-refractivity contribution < 1.29 is 14.3 Å². The standard InChI is InChI=1S/C13H21N3O3S/c1-3-14-11(17)7-8-15-13-16-10(9-20-13)5-6-12(18)19-4-2/h9H,3-8H2,1-2H3,(H,14,17)(H,15,16). The zero-order valence-corrected chi connectivity index (χ0v) is 12.7. The molecule has 0 saturated carbocycles. The molecular formula is C13H21N3O3S. The summed E-state index contributed by atoms with van der Waals surface area (Å²) in [6.45, 7) is 5.28. The summed E-state index contributed by atoms with van der Waals surface area (Å²) in [6.07, 6.45) is 1.34. The Morgan fingerprint density at radius 1 is 1.35 bits per heavy atom. The summed E-state index contributed by atoms with van der Waals surface area (Å²) >= 11 is 1.47. The number of ether oxygens (including phenoxy) is 1. The van der Waals surface area contributed by atoms with Crippen LogP contribution in [0.15, 0.2) is 5.38 Å². The van der Waals surface area contributed by atoms with Gasteiger partial charge in [0.1, 0.15) is 0 Å². The summed E-state index contributed by atoms with van der Waals surface area (Å²) in [6, 6.07) is 0. The van der Waals surface area contributed by atoms with Gasteiger partial charge in [0.25, 0.3) is 0 Å². The fraction of sp³-hybridized carbons (Fsp3) is 0.615. The molecule has 0 aromatic carbocycles. The normalized spacial score (nSPS) is 10.1. The van der Waals surface area contributed by atoms with E-state index in [1.54, 1.807) is 6.92 Å². The van der Waals surface area contributed by atoms with Gasteiger partial charge in [0.2, 0.25) is 5.91 Å². The Bertz CT molecular complexity index is 434.